The summed E-state index contributed by atoms with van der Waals surface area (Å²) in [5.74, 6) is 0.662. The molecule has 4 aliphatic rings. The topological polar surface area (TPSA) is 86.6 Å². The van der Waals surface area contributed by atoms with Gasteiger partial charge in [0.2, 0.25) is 0 Å². The molecule has 41 heavy (non-hydrogen) atoms. The number of benzene rings is 2. The van der Waals surface area contributed by atoms with Crippen LogP contribution in [0.4, 0.5) is 10.2 Å². The molecule has 0 amide bonds. The quantitative estimate of drug-likeness (QED) is 0.361. The van der Waals surface area contributed by atoms with Crippen LogP contribution < -0.4 is 15.0 Å². The molecule has 0 spiro atoms. The summed E-state index contributed by atoms with van der Waals surface area (Å²) in [6.07, 6.45) is 8.72. The summed E-state index contributed by atoms with van der Waals surface area (Å²) >= 11 is 0. The number of aromatic hydroxyl groups is 1. The van der Waals surface area contributed by atoms with Gasteiger partial charge in [-0.05, 0) is 74.5 Å². The molecule has 2 bridgehead atoms. The molecule has 9 heteroatoms. The minimum absolute atomic E-state index is 0.0668. The van der Waals surface area contributed by atoms with E-state index in [4.69, 9.17) is 9.72 Å². The highest BCUT2D eigenvalue weighted by Gasteiger charge is 2.36. The molecule has 0 saturated carbocycles. The lowest BCUT2D eigenvalue weighted by atomic mass is 9.90. The van der Waals surface area contributed by atoms with E-state index in [1.54, 1.807) is 18.3 Å². The summed E-state index contributed by atoms with van der Waals surface area (Å²) in [7, 11) is 0. The van der Waals surface area contributed by atoms with Gasteiger partial charge in [0.25, 0.3) is 0 Å². The number of phenols is 1. The molecule has 4 fully saturated rings. The number of phenolic OH excluding ortho intramolecular Hbond substituents is 1. The van der Waals surface area contributed by atoms with Gasteiger partial charge in [-0.25, -0.2) is 4.39 Å². The second-order valence-corrected chi connectivity index (χ2v) is 12.2. The van der Waals surface area contributed by atoms with Gasteiger partial charge in [0.05, 0.1) is 12.0 Å². The number of piperidine rings is 1. The van der Waals surface area contributed by atoms with Gasteiger partial charge in [-0.15, -0.1) is 0 Å². The van der Waals surface area contributed by atoms with Crippen LogP contribution in [0.25, 0.3) is 32.9 Å². The fourth-order valence-electron chi connectivity index (χ4n) is 7.76. The third-order valence-electron chi connectivity index (χ3n) is 9.67. The van der Waals surface area contributed by atoms with Crippen molar-refractivity contribution in [3.05, 3.63) is 48.4 Å². The lowest BCUT2D eigenvalue weighted by molar-refractivity contribution is 0.0901. The minimum atomic E-state index is -0.524. The minimum Gasteiger partial charge on any atom is -0.508 e. The number of halogens is 1. The van der Waals surface area contributed by atoms with Crippen molar-refractivity contribution in [3.63, 3.8) is 0 Å². The van der Waals surface area contributed by atoms with Crippen LogP contribution in [-0.2, 0) is 0 Å². The molecule has 8 rings (SSSR count). The van der Waals surface area contributed by atoms with Crippen molar-refractivity contribution in [2.75, 3.05) is 37.7 Å². The number of hydrogen-bond donors (Lipinski definition) is 2. The number of rotatable bonds is 5. The van der Waals surface area contributed by atoms with Crippen LogP contribution in [0, 0.1) is 11.7 Å². The number of pyridine rings is 1. The Morgan fingerprint density at radius 3 is 2.63 bits per heavy atom. The highest BCUT2D eigenvalue weighted by molar-refractivity contribution is 5.99. The summed E-state index contributed by atoms with van der Waals surface area (Å²) < 4.78 is 22.9. The van der Waals surface area contributed by atoms with E-state index in [0.29, 0.717) is 47.4 Å². The van der Waals surface area contributed by atoms with E-state index in [1.165, 1.54) is 32.4 Å². The fraction of sp³-hybridized carbons (Fsp3) is 0.469. The van der Waals surface area contributed by atoms with Gasteiger partial charge in [0.1, 0.15) is 22.8 Å². The second-order valence-electron chi connectivity index (χ2n) is 12.2. The average Bonchev–Trinajstić information content (AvgIpc) is 3.61. The van der Waals surface area contributed by atoms with Crippen LogP contribution in [0.1, 0.15) is 38.5 Å². The first-order valence-corrected chi connectivity index (χ1v) is 15.1. The number of nitrogens with one attached hydrogen (secondary N) is 1. The molecule has 4 unspecified atom stereocenters. The Bertz CT molecular complexity index is 1620. The van der Waals surface area contributed by atoms with Gasteiger partial charge in [-0.3, -0.25) is 9.88 Å². The van der Waals surface area contributed by atoms with Crippen LogP contribution in [0.5, 0.6) is 11.8 Å². The first-order chi connectivity index (χ1) is 20.1. The molecule has 4 aliphatic heterocycles. The largest absolute Gasteiger partial charge is 0.508 e. The van der Waals surface area contributed by atoms with E-state index in [2.05, 4.69) is 25.1 Å². The zero-order chi connectivity index (χ0) is 27.5. The summed E-state index contributed by atoms with van der Waals surface area (Å²) in [6.45, 7) is 4.50. The Morgan fingerprint density at radius 2 is 1.78 bits per heavy atom. The maximum atomic E-state index is 16.6. The van der Waals surface area contributed by atoms with Crippen molar-refractivity contribution in [2.24, 2.45) is 5.92 Å². The fourth-order valence-corrected chi connectivity index (χ4v) is 7.76. The molecular weight excluding hydrogens is 519 g/mol. The number of anilines is 1. The van der Waals surface area contributed by atoms with Crippen LogP contribution in [-0.4, -0.2) is 75.9 Å². The maximum Gasteiger partial charge on any atom is 0.319 e. The Labute approximate surface area is 238 Å². The smallest absolute Gasteiger partial charge is 0.319 e. The molecule has 2 aromatic heterocycles. The molecule has 8 nitrogen and oxygen atoms in total. The molecule has 6 heterocycles. The monoisotopic (exact) mass is 554 g/mol. The number of piperazine rings is 1. The zero-order valence-corrected chi connectivity index (χ0v) is 23.1. The SMILES string of the molecule is Oc1cc(-c2ncc3c(N4CC5CCC(C4)N5)nc(OCC4CCCN5CCCC45)nc3c2F)c2ccccc2c1. The van der Waals surface area contributed by atoms with E-state index >= 15 is 4.39 Å². The Kier molecular flexibility index (Phi) is 6.18. The van der Waals surface area contributed by atoms with Crippen molar-refractivity contribution < 1.29 is 14.2 Å². The summed E-state index contributed by atoms with van der Waals surface area (Å²) in [5.41, 5.74) is 0.903. The number of hydrogen-bond acceptors (Lipinski definition) is 8. The highest BCUT2D eigenvalue weighted by atomic mass is 19.1. The van der Waals surface area contributed by atoms with Gasteiger partial charge in [-0.1, -0.05) is 24.3 Å². The third-order valence-corrected chi connectivity index (χ3v) is 9.67. The average molecular weight is 555 g/mol. The van der Waals surface area contributed by atoms with Gasteiger partial charge in [0, 0.05) is 48.9 Å². The zero-order valence-electron chi connectivity index (χ0n) is 23.1. The molecule has 0 radical (unpaired) electrons. The molecular formula is C32H35FN6O2. The van der Waals surface area contributed by atoms with Crippen molar-refractivity contribution in [2.45, 2.75) is 56.7 Å². The predicted octanol–water partition coefficient (Wildman–Crippen LogP) is 4.88. The van der Waals surface area contributed by atoms with E-state index in [-0.39, 0.29) is 23.0 Å². The normalized spacial score (nSPS) is 26.1. The Balaban J connectivity index is 1.22. The van der Waals surface area contributed by atoms with Crippen LogP contribution in [0.3, 0.4) is 0 Å². The lowest BCUT2D eigenvalue weighted by Crippen LogP contribution is -2.51. The van der Waals surface area contributed by atoms with E-state index in [1.807, 2.05) is 24.3 Å². The molecule has 2 aromatic carbocycles. The van der Waals surface area contributed by atoms with Gasteiger partial charge >= 0.3 is 6.01 Å². The number of nitrogens with zero attached hydrogens (tertiary/aromatic N) is 5. The summed E-state index contributed by atoms with van der Waals surface area (Å²) in [5, 5.41) is 16.3. The first kappa shape index (κ1) is 25.2. The number of aromatic nitrogens is 3. The van der Waals surface area contributed by atoms with E-state index in [9.17, 15) is 5.11 Å². The Morgan fingerprint density at radius 1 is 0.976 bits per heavy atom. The molecule has 4 atom stereocenters. The van der Waals surface area contributed by atoms with Crippen LogP contribution >= 0.6 is 0 Å². The third kappa shape index (κ3) is 4.46. The van der Waals surface area contributed by atoms with Crippen LogP contribution in [0.15, 0.2) is 42.6 Å². The van der Waals surface area contributed by atoms with E-state index in [0.717, 1.165) is 43.1 Å². The standard InChI is InChI=1S/C32H35FN6O2/c33-28-29(25-14-23(40)13-19-5-1-2-7-24(19)25)34-15-26-30(28)36-32(37-31(26)39-16-21-9-10-22(17-39)35-21)41-18-20-6-3-11-38-12-4-8-27(20)38/h1-2,5,7,13-15,20-22,27,35,40H,3-4,6,8-12,16-18H2. The van der Waals surface area contributed by atoms with Gasteiger partial charge < -0.3 is 20.1 Å². The number of fused-ring (bicyclic) bond motifs is 5. The van der Waals surface area contributed by atoms with E-state index < -0.39 is 5.82 Å². The van der Waals surface area contributed by atoms with Crippen molar-refractivity contribution in [1.29, 1.82) is 0 Å². The predicted molar refractivity (Wildman–Crippen MR) is 157 cm³/mol. The lowest BCUT2D eigenvalue weighted by Gasteiger charge is -2.36. The van der Waals surface area contributed by atoms with Crippen molar-refractivity contribution in [3.8, 4) is 23.0 Å². The second kappa shape index (κ2) is 10.1. The molecule has 4 aromatic rings. The summed E-state index contributed by atoms with van der Waals surface area (Å²) in [4.78, 5) is 19.0. The van der Waals surface area contributed by atoms with Crippen molar-refractivity contribution in [1.82, 2.24) is 25.2 Å². The molecule has 0 aliphatic carbocycles. The molecule has 4 saturated heterocycles. The number of ether oxygens (including phenoxy) is 1. The molecule has 2 N–H and O–H groups in total. The van der Waals surface area contributed by atoms with Crippen LogP contribution in [0.2, 0.25) is 0 Å². The molecule has 212 valence electrons. The maximum absolute atomic E-state index is 16.6. The summed E-state index contributed by atoms with van der Waals surface area (Å²) in [6, 6.07) is 12.5. The van der Waals surface area contributed by atoms with Gasteiger partial charge in [0.15, 0.2) is 5.82 Å². The van der Waals surface area contributed by atoms with Gasteiger partial charge in [-0.2, -0.15) is 9.97 Å². The van der Waals surface area contributed by atoms with Crippen molar-refractivity contribution >= 4 is 27.5 Å². The first-order valence-electron chi connectivity index (χ1n) is 15.1. The highest BCUT2D eigenvalue weighted by Crippen LogP contribution is 2.38. The Hall–Kier alpha value is -3.56.